The molecule has 25 heavy (non-hydrogen) atoms. The Morgan fingerprint density at radius 3 is 2.28 bits per heavy atom. The minimum atomic E-state index is -0.0566. The van der Waals surface area contributed by atoms with Crippen LogP contribution in [0, 0.1) is 5.92 Å². The van der Waals surface area contributed by atoms with Crippen LogP contribution < -0.4 is 0 Å². The summed E-state index contributed by atoms with van der Waals surface area (Å²) in [4.78, 5) is 29.2. The first-order valence-electron chi connectivity index (χ1n) is 9.31. The van der Waals surface area contributed by atoms with Crippen molar-refractivity contribution < 1.29 is 9.59 Å². The van der Waals surface area contributed by atoms with E-state index in [1.807, 2.05) is 9.80 Å². The maximum atomic E-state index is 12.8. The van der Waals surface area contributed by atoms with Crippen molar-refractivity contribution in [3.8, 4) is 0 Å². The van der Waals surface area contributed by atoms with Crippen LogP contribution in [0.15, 0.2) is 4.47 Å². The predicted molar refractivity (Wildman–Crippen MR) is 99.4 cm³/mol. The molecule has 2 saturated heterocycles. The number of carbonyl (C=O) groups is 2. The number of nitrogens with zero attached hydrogens (tertiary/aromatic N) is 3. The van der Waals surface area contributed by atoms with Gasteiger partial charge in [-0.05, 0) is 54.0 Å². The number of halogens is 1. The molecule has 3 heterocycles. The van der Waals surface area contributed by atoms with Gasteiger partial charge in [0.25, 0.3) is 5.91 Å². The molecule has 0 bridgehead atoms. The molecule has 7 heteroatoms. The lowest BCUT2D eigenvalue weighted by Gasteiger charge is -2.35. The van der Waals surface area contributed by atoms with E-state index in [1.165, 1.54) is 6.42 Å². The molecule has 2 fully saturated rings. The highest BCUT2D eigenvalue weighted by atomic mass is 79.9. The van der Waals surface area contributed by atoms with E-state index in [0.29, 0.717) is 18.8 Å². The first-order chi connectivity index (χ1) is 12.0. The number of piperidine rings is 2. The molecular weight excluding hydrogens is 384 g/mol. The Kier molecular flexibility index (Phi) is 5.81. The van der Waals surface area contributed by atoms with Crippen molar-refractivity contribution in [3.05, 3.63) is 15.9 Å². The average molecular weight is 411 g/mol. The van der Waals surface area contributed by atoms with Crippen LogP contribution >= 0.6 is 15.9 Å². The maximum absolute atomic E-state index is 12.8. The molecule has 0 spiro atoms. The lowest BCUT2D eigenvalue weighted by atomic mass is 9.94. The highest BCUT2D eigenvalue weighted by Crippen LogP contribution is 2.28. The van der Waals surface area contributed by atoms with Gasteiger partial charge in [0.15, 0.2) is 5.69 Å². The third kappa shape index (κ3) is 3.91. The highest BCUT2D eigenvalue weighted by molar-refractivity contribution is 9.10. The Morgan fingerprint density at radius 2 is 1.72 bits per heavy atom. The molecule has 1 aromatic heterocycles. The van der Waals surface area contributed by atoms with Crippen molar-refractivity contribution in [1.82, 2.24) is 20.0 Å². The van der Waals surface area contributed by atoms with Gasteiger partial charge in [-0.2, -0.15) is 5.10 Å². The van der Waals surface area contributed by atoms with E-state index >= 15 is 0 Å². The first-order valence-corrected chi connectivity index (χ1v) is 10.1. The molecule has 2 aliphatic heterocycles. The maximum Gasteiger partial charge on any atom is 0.275 e. The zero-order valence-electron chi connectivity index (χ0n) is 15.1. The molecule has 0 aromatic carbocycles. The van der Waals surface area contributed by atoms with E-state index in [1.54, 1.807) is 0 Å². The van der Waals surface area contributed by atoms with Crippen LogP contribution in [0.1, 0.15) is 68.1 Å². The number of likely N-dealkylation sites (tertiary alicyclic amines) is 2. The topological polar surface area (TPSA) is 69.3 Å². The lowest BCUT2D eigenvalue weighted by molar-refractivity contribution is -0.137. The van der Waals surface area contributed by atoms with Gasteiger partial charge in [-0.15, -0.1) is 0 Å². The molecule has 138 valence electrons. The smallest absolute Gasteiger partial charge is 0.275 e. The molecule has 0 atom stereocenters. The summed E-state index contributed by atoms with van der Waals surface area (Å²) in [7, 11) is 0. The first kappa shape index (κ1) is 18.4. The number of rotatable bonds is 3. The largest absolute Gasteiger partial charge is 0.342 e. The molecule has 0 unspecified atom stereocenters. The van der Waals surface area contributed by atoms with E-state index in [9.17, 15) is 9.59 Å². The monoisotopic (exact) mass is 410 g/mol. The summed E-state index contributed by atoms with van der Waals surface area (Å²) >= 11 is 3.50. The summed E-state index contributed by atoms with van der Waals surface area (Å²) in [5.41, 5.74) is 1.39. The molecule has 6 nitrogen and oxygen atoms in total. The van der Waals surface area contributed by atoms with Gasteiger partial charge in [-0.25, -0.2) is 0 Å². The summed E-state index contributed by atoms with van der Waals surface area (Å²) in [5, 5.41) is 7.16. The fourth-order valence-electron chi connectivity index (χ4n) is 3.72. The van der Waals surface area contributed by atoms with Crippen LogP contribution in [0.4, 0.5) is 0 Å². The third-order valence-corrected chi connectivity index (χ3v) is 6.11. The molecule has 1 aromatic rings. The standard InChI is InChI=1S/C18H27BrN4O2/c1-12(2)15-14(19)16(21-20-15)18(25)23-10-6-13(7-11-23)17(24)22-8-4-3-5-9-22/h12-13H,3-11H2,1-2H3,(H,20,21). The number of hydrogen-bond donors (Lipinski definition) is 1. The van der Waals surface area contributed by atoms with Gasteiger partial charge in [0.1, 0.15) is 0 Å². The summed E-state index contributed by atoms with van der Waals surface area (Å²) < 4.78 is 0.763. The van der Waals surface area contributed by atoms with Gasteiger partial charge < -0.3 is 9.80 Å². The molecular formula is C18H27BrN4O2. The van der Waals surface area contributed by atoms with Gasteiger partial charge >= 0.3 is 0 Å². The fourth-order valence-corrected chi connectivity index (χ4v) is 4.52. The molecule has 2 aliphatic rings. The van der Waals surface area contributed by atoms with E-state index < -0.39 is 0 Å². The van der Waals surface area contributed by atoms with Crippen molar-refractivity contribution in [2.45, 2.75) is 51.9 Å². The van der Waals surface area contributed by atoms with E-state index in [4.69, 9.17) is 0 Å². The van der Waals surface area contributed by atoms with Gasteiger partial charge in [-0.3, -0.25) is 14.7 Å². The zero-order chi connectivity index (χ0) is 18.0. The average Bonchev–Trinajstić information content (AvgIpc) is 3.03. The van der Waals surface area contributed by atoms with Crippen LogP contribution in [-0.2, 0) is 4.79 Å². The number of aromatic nitrogens is 2. The zero-order valence-corrected chi connectivity index (χ0v) is 16.6. The van der Waals surface area contributed by atoms with Crippen molar-refractivity contribution in [2.24, 2.45) is 5.92 Å². The van der Waals surface area contributed by atoms with Crippen molar-refractivity contribution in [1.29, 1.82) is 0 Å². The highest BCUT2D eigenvalue weighted by Gasteiger charge is 2.32. The second kappa shape index (κ2) is 7.89. The molecule has 0 aliphatic carbocycles. The molecule has 0 radical (unpaired) electrons. The van der Waals surface area contributed by atoms with Crippen LogP contribution in [0.5, 0.6) is 0 Å². The Morgan fingerprint density at radius 1 is 1.08 bits per heavy atom. The second-order valence-corrected chi connectivity index (χ2v) is 8.20. The summed E-state index contributed by atoms with van der Waals surface area (Å²) in [6, 6.07) is 0. The van der Waals surface area contributed by atoms with Crippen LogP contribution in [-0.4, -0.2) is 58.0 Å². The number of carbonyl (C=O) groups excluding carboxylic acids is 2. The lowest BCUT2D eigenvalue weighted by Crippen LogP contribution is -2.45. The van der Waals surface area contributed by atoms with E-state index in [2.05, 4.69) is 40.0 Å². The Labute approximate surface area is 157 Å². The normalized spacial score (nSPS) is 19.5. The number of nitrogens with one attached hydrogen (secondary N) is 1. The molecule has 0 saturated carbocycles. The number of H-pyrrole nitrogens is 1. The Hall–Kier alpha value is -1.37. The van der Waals surface area contributed by atoms with Gasteiger partial charge in [0.05, 0.1) is 10.2 Å². The quantitative estimate of drug-likeness (QED) is 0.831. The third-order valence-electron chi connectivity index (χ3n) is 5.31. The minimum Gasteiger partial charge on any atom is -0.342 e. The SMILES string of the molecule is CC(C)c1[nH]nc(C(=O)N2CCC(C(=O)N3CCCCC3)CC2)c1Br. The summed E-state index contributed by atoms with van der Waals surface area (Å²) in [6.07, 6.45) is 4.97. The van der Waals surface area contributed by atoms with Gasteiger partial charge in [0, 0.05) is 32.1 Å². The Balaban J connectivity index is 1.58. The number of aromatic amines is 1. The van der Waals surface area contributed by atoms with Crippen LogP contribution in [0.3, 0.4) is 0 Å². The molecule has 3 rings (SSSR count). The number of amides is 2. The van der Waals surface area contributed by atoms with Crippen LogP contribution in [0.25, 0.3) is 0 Å². The molecule has 2 amide bonds. The van der Waals surface area contributed by atoms with Crippen molar-refractivity contribution >= 4 is 27.7 Å². The summed E-state index contributed by atoms with van der Waals surface area (Å²) in [6.45, 7) is 7.17. The minimum absolute atomic E-state index is 0.0566. The Bertz CT molecular complexity index is 629. The molecule has 1 N–H and O–H groups in total. The van der Waals surface area contributed by atoms with E-state index in [0.717, 1.165) is 48.9 Å². The van der Waals surface area contributed by atoms with Crippen molar-refractivity contribution in [2.75, 3.05) is 26.2 Å². The van der Waals surface area contributed by atoms with E-state index in [-0.39, 0.29) is 23.7 Å². The fraction of sp³-hybridized carbons (Fsp3) is 0.722. The second-order valence-electron chi connectivity index (χ2n) is 7.41. The summed E-state index contributed by atoms with van der Waals surface area (Å²) in [5.74, 6) is 0.570. The van der Waals surface area contributed by atoms with Gasteiger partial charge in [-0.1, -0.05) is 13.8 Å². The number of hydrogen-bond acceptors (Lipinski definition) is 3. The van der Waals surface area contributed by atoms with Crippen molar-refractivity contribution in [3.63, 3.8) is 0 Å². The predicted octanol–water partition coefficient (Wildman–Crippen LogP) is 3.16. The van der Waals surface area contributed by atoms with Crippen LogP contribution in [0.2, 0.25) is 0 Å². The van der Waals surface area contributed by atoms with Gasteiger partial charge in [0.2, 0.25) is 5.91 Å².